The number of anilines is 3. The largest absolute Gasteiger partial charge is 0.375 e. The van der Waals surface area contributed by atoms with E-state index in [1.807, 2.05) is 26.0 Å². The van der Waals surface area contributed by atoms with Crippen LogP contribution in [0.1, 0.15) is 38.7 Å². The van der Waals surface area contributed by atoms with Crippen LogP contribution in [0.2, 0.25) is 5.02 Å². The van der Waals surface area contributed by atoms with E-state index in [0.29, 0.717) is 23.5 Å². The maximum absolute atomic E-state index is 13.9. The molecule has 0 radical (unpaired) electrons. The summed E-state index contributed by atoms with van der Waals surface area (Å²) in [6.45, 7) is 1.73. The van der Waals surface area contributed by atoms with Crippen molar-refractivity contribution in [2.75, 3.05) is 63.0 Å². The molecule has 43 heavy (non-hydrogen) atoms. The van der Waals surface area contributed by atoms with E-state index in [4.69, 9.17) is 16.3 Å². The molecule has 13 heteroatoms. The Hall–Kier alpha value is -4.10. The number of carbonyl (C=O) groups is 2. The molecule has 2 amide bonds. The fourth-order valence-corrected chi connectivity index (χ4v) is 4.87. The molecule has 0 spiro atoms. The minimum absolute atomic E-state index is 0.0504. The lowest BCUT2D eigenvalue weighted by atomic mass is 10.0. The van der Waals surface area contributed by atoms with Gasteiger partial charge in [-0.05, 0) is 69.0 Å². The lowest BCUT2D eigenvalue weighted by Gasteiger charge is -2.28. The number of carbonyl (C=O) groups excluding carboxylic acids is 2. The smallest absolute Gasteiger partial charge is 0.282 e. The minimum atomic E-state index is -1.33. The number of nitrogens with one attached hydrogen (secondary N) is 3. The van der Waals surface area contributed by atoms with Crippen LogP contribution in [-0.2, 0) is 4.74 Å². The van der Waals surface area contributed by atoms with Gasteiger partial charge in [0.1, 0.15) is 5.56 Å². The quantitative estimate of drug-likeness (QED) is 0.155. The number of benzene rings is 3. The van der Waals surface area contributed by atoms with Crippen LogP contribution in [0.4, 0.5) is 27.1 Å². The predicted octanol–water partition coefficient (Wildman–Crippen LogP) is 5.10. The van der Waals surface area contributed by atoms with Gasteiger partial charge in [-0.2, -0.15) is 0 Å². The molecule has 228 valence electrons. The highest BCUT2D eigenvalue weighted by atomic mass is 35.5. The summed E-state index contributed by atoms with van der Waals surface area (Å²) >= 11 is 6.35. The molecule has 2 unspecified atom stereocenters. The van der Waals surface area contributed by atoms with E-state index in [1.54, 1.807) is 30.3 Å². The van der Waals surface area contributed by atoms with Crippen molar-refractivity contribution in [3.05, 3.63) is 92.5 Å². The molecule has 1 saturated heterocycles. The molecule has 1 aliphatic heterocycles. The molecule has 3 N–H and O–H groups in total. The highest BCUT2D eigenvalue weighted by Crippen LogP contribution is 2.30. The lowest BCUT2D eigenvalue weighted by Crippen LogP contribution is -2.41. The highest BCUT2D eigenvalue weighted by molar-refractivity contribution is 6.34. The van der Waals surface area contributed by atoms with Crippen molar-refractivity contribution in [3.63, 3.8) is 0 Å². The molecule has 1 heterocycles. The molecular formula is C30H34ClFN6O5. The molecule has 1 aliphatic rings. The number of halogens is 2. The van der Waals surface area contributed by atoms with E-state index in [9.17, 15) is 24.1 Å². The molecule has 3 aromatic rings. The topological polar surface area (TPSA) is 129 Å². The molecule has 0 aromatic heterocycles. The van der Waals surface area contributed by atoms with Crippen molar-refractivity contribution in [1.29, 1.82) is 0 Å². The number of nitro groups is 1. The summed E-state index contributed by atoms with van der Waals surface area (Å²) < 4.78 is 19.2. The second kappa shape index (κ2) is 14.4. The zero-order valence-electron chi connectivity index (χ0n) is 24.1. The summed E-state index contributed by atoms with van der Waals surface area (Å²) in [7, 11) is 5.80. The first-order chi connectivity index (χ1) is 20.5. The van der Waals surface area contributed by atoms with Crippen molar-refractivity contribution in [2.24, 2.45) is 0 Å². The number of rotatable bonds is 11. The zero-order chi connectivity index (χ0) is 31.1. The van der Waals surface area contributed by atoms with Crippen LogP contribution in [0.15, 0.2) is 60.7 Å². The van der Waals surface area contributed by atoms with Gasteiger partial charge >= 0.3 is 0 Å². The molecule has 0 bridgehead atoms. The lowest BCUT2D eigenvalue weighted by molar-refractivity contribution is -0.385. The third-order valence-corrected chi connectivity index (χ3v) is 7.28. The van der Waals surface area contributed by atoms with Gasteiger partial charge in [0.05, 0.1) is 34.9 Å². The van der Waals surface area contributed by atoms with E-state index in [1.165, 1.54) is 30.3 Å². The number of alkyl halides is 1. The molecule has 0 aliphatic carbocycles. The Morgan fingerprint density at radius 3 is 2.49 bits per heavy atom. The summed E-state index contributed by atoms with van der Waals surface area (Å²) in [4.78, 5) is 41.7. The zero-order valence-corrected chi connectivity index (χ0v) is 24.9. The Morgan fingerprint density at radius 2 is 1.77 bits per heavy atom. The SMILES string of the molecule is CN(C)CCCN(C)c1ccc([N+](=O)[O-])c(C(=O)Nc2cc(C(=O)Nc3ccccc3C3COCC(F)N3)ccc2Cl)c1. The van der Waals surface area contributed by atoms with Gasteiger partial charge in [-0.25, -0.2) is 4.39 Å². The van der Waals surface area contributed by atoms with Gasteiger partial charge in [-0.15, -0.1) is 0 Å². The number of hydrogen-bond donors (Lipinski definition) is 3. The molecular weight excluding hydrogens is 579 g/mol. The number of morpholine rings is 1. The monoisotopic (exact) mass is 612 g/mol. The minimum Gasteiger partial charge on any atom is -0.375 e. The van der Waals surface area contributed by atoms with E-state index in [0.717, 1.165) is 13.0 Å². The standard InChI is InChI=1S/C30H34ClFN6O5/c1-36(2)13-6-14-37(3)20-10-12-27(38(41)42)22(16-20)30(40)35-25-15-19(9-11-23(25)31)29(39)34-24-8-5-4-7-21(24)26-17-43-18-28(32)33-26/h4-5,7-12,15-16,26,28,33H,6,13-14,17-18H2,1-3H3,(H,34,39)(H,35,40). The van der Waals surface area contributed by atoms with Gasteiger partial charge in [0.2, 0.25) is 0 Å². The van der Waals surface area contributed by atoms with E-state index in [-0.39, 0.29) is 40.7 Å². The number of nitrogens with zero attached hydrogens (tertiary/aromatic N) is 3. The third-order valence-electron chi connectivity index (χ3n) is 6.95. The fourth-order valence-electron chi connectivity index (χ4n) is 4.70. The van der Waals surface area contributed by atoms with Gasteiger partial charge < -0.3 is 25.2 Å². The van der Waals surface area contributed by atoms with Crippen molar-refractivity contribution in [2.45, 2.75) is 18.8 Å². The molecule has 1 fully saturated rings. The van der Waals surface area contributed by atoms with Gasteiger partial charge in [0.15, 0.2) is 6.30 Å². The normalized spacial score (nSPS) is 16.5. The molecule has 0 saturated carbocycles. The first-order valence-corrected chi connectivity index (χ1v) is 14.0. The average molecular weight is 613 g/mol. The van der Waals surface area contributed by atoms with Crippen LogP contribution in [0.25, 0.3) is 0 Å². The number of nitro benzene ring substituents is 1. The fraction of sp³-hybridized carbons (Fsp3) is 0.333. The number of hydrogen-bond acceptors (Lipinski definition) is 8. The third kappa shape index (κ3) is 8.26. The van der Waals surface area contributed by atoms with Crippen LogP contribution < -0.4 is 20.9 Å². The molecule has 4 rings (SSSR count). The Bertz CT molecular complexity index is 1490. The van der Waals surface area contributed by atoms with Crippen LogP contribution >= 0.6 is 11.6 Å². The number of ether oxygens (including phenoxy) is 1. The summed E-state index contributed by atoms with van der Waals surface area (Å²) in [5.41, 5.74) is 1.54. The van der Waals surface area contributed by atoms with E-state index in [2.05, 4.69) is 20.9 Å². The Balaban J connectivity index is 1.53. The second-order valence-electron chi connectivity index (χ2n) is 10.5. The van der Waals surface area contributed by atoms with Gasteiger partial charge in [-0.3, -0.25) is 25.0 Å². The maximum atomic E-state index is 13.9. The van der Waals surface area contributed by atoms with Crippen LogP contribution in [0.3, 0.4) is 0 Å². The van der Waals surface area contributed by atoms with Crippen LogP contribution in [0.5, 0.6) is 0 Å². The van der Waals surface area contributed by atoms with E-state index >= 15 is 0 Å². The Morgan fingerprint density at radius 1 is 1.02 bits per heavy atom. The summed E-state index contributed by atoms with van der Waals surface area (Å²) in [5.74, 6) is -1.25. The van der Waals surface area contributed by atoms with Gasteiger partial charge in [-0.1, -0.05) is 29.8 Å². The second-order valence-corrected chi connectivity index (χ2v) is 10.9. The molecule has 2 atom stereocenters. The predicted molar refractivity (Wildman–Crippen MR) is 165 cm³/mol. The first kappa shape index (κ1) is 31.8. The Labute approximate surface area is 254 Å². The highest BCUT2D eigenvalue weighted by Gasteiger charge is 2.26. The van der Waals surface area contributed by atoms with Crippen LogP contribution in [-0.4, -0.2) is 75.4 Å². The maximum Gasteiger partial charge on any atom is 0.282 e. The van der Waals surface area contributed by atoms with E-state index < -0.39 is 29.1 Å². The summed E-state index contributed by atoms with van der Waals surface area (Å²) in [6, 6.07) is 15.2. The molecule has 11 nitrogen and oxygen atoms in total. The summed E-state index contributed by atoms with van der Waals surface area (Å²) in [5, 5.41) is 20.2. The number of para-hydroxylation sites is 1. The van der Waals surface area contributed by atoms with Crippen molar-refractivity contribution >= 4 is 46.2 Å². The average Bonchev–Trinajstić information content (AvgIpc) is 2.97. The van der Waals surface area contributed by atoms with Crippen molar-refractivity contribution in [1.82, 2.24) is 10.2 Å². The first-order valence-electron chi connectivity index (χ1n) is 13.7. The summed E-state index contributed by atoms with van der Waals surface area (Å²) in [6.07, 6.45) is -0.469. The Kier molecular flexibility index (Phi) is 10.6. The molecule has 3 aromatic carbocycles. The van der Waals surface area contributed by atoms with Crippen molar-refractivity contribution < 1.29 is 23.6 Å². The van der Waals surface area contributed by atoms with Gasteiger partial charge in [0, 0.05) is 36.6 Å². The number of amides is 2. The van der Waals surface area contributed by atoms with Crippen LogP contribution in [0, 0.1) is 10.1 Å². The van der Waals surface area contributed by atoms with Crippen molar-refractivity contribution in [3.8, 4) is 0 Å². The van der Waals surface area contributed by atoms with Gasteiger partial charge in [0.25, 0.3) is 17.5 Å².